The molecule has 2 amide bonds. The lowest BCUT2D eigenvalue weighted by Crippen LogP contribution is -2.56. The summed E-state index contributed by atoms with van der Waals surface area (Å²) in [5, 5.41) is 3.03. The predicted octanol–water partition coefficient (Wildman–Crippen LogP) is 4.71. The quantitative estimate of drug-likeness (QED) is 0.335. The minimum atomic E-state index is -3.84. The van der Waals surface area contributed by atoms with Crippen LogP contribution < -0.4 is 14.4 Å². The molecule has 1 N–H and O–H groups in total. The van der Waals surface area contributed by atoms with Gasteiger partial charge in [0.1, 0.15) is 18.3 Å². The van der Waals surface area contributed by atoms with Gasteiger partial charge in [-0.1, -0.05) is 54.6 Å². The van der Waals surface area contributed by atoms with Gasteiger partial charge in [0, 0.05) is 18.5 Å². The van der Waals surface area contributed by atoms with E-state index in [1.54, 1.807) is 24.3 Å². The Morgan fingerprint density at radius 3 is 2.10 bits per heavy atom. The average molecular weight is 580 g/mol. The molecule has 3 aromatic carbocycles. The summed E-state index contributed by atoms with van der Waals surface area (Å²) in [6.07, 6.45) is 1.33. The third-order valence-corrected chi connectivity index (χ3v) is 7.63. The van der Waals surface area contributed by atoms with E-state index in [2.05, 4.69) is 5.32 Å². The zero-order chi connectivity index (χ0) is 30.2. The molecule has 0 aromatic heterocycles. The Kier molecular flexibility index (Phi) is 10.6. The van der Waals surface area contributed by atoms with Crippen LogP contribution in [0.15, 0.2) is 78.9 Å². The van der Waals surface area contributed by atoms with Crippen LogP contribution >= 0.6 is 0 Å². The van der Waals surface area contributed by atoms with Gasteiger partial charge in [0.05, 0.1) is 18.6 Å². The van der Waals surface area contributed by atoms with Gasteiger partial charge < -0.3 is 15.0 Å². The number of ether oxygens (including phenoxy) is 1. The molecule has 1 atom stereocenters. The van der Waals surface area contributed by atoms with Crippen molar-refractivity contribution in [3.05, 3.63) is 95.6 Å². The number of hydrogen-bond acceptors (Lipinski definition) is 5. The number of rotatable bonds is 12. The average Bonchev–Trinajstić information content (AvgIpc) is 2.90. The molecular weight excluding hydrogens is 538 g/mol. The van der Waals surface area contributed by atoms with Crippen molar-refractivity contribution in [1.29, 1.82) is 0 Å². The lowest BCUT2D eigenvalue weighted by molar-refractivity contribution is -0.140. The summed E-state index contributed by atoms with van der Waals surface area (Å²) in [6.45, 7) is 9.61. The van der Waals surface area contributed by atoms with Crippen molar-refractivity contribution >= 4 is 27.5 Å². The normalized spacial score (nSPS) is 12.3. The van der Waals surface area contributed by atoms with Gasteiger partial charge in [-0.15, -0.1) is 0 Å². The van der Waals surface area contributed by atoms with Crippen LogP contribution in [-0.4, -0.2) is 56.1 Å². The minimum Gasteiger partial charge on any atom is -0.494 e. The highest BCUT2D eigenvalue weighted by Gasteiger charge is 2.34. The van der Waals surface area contributed by atoms with Crippen LogP contribution in [0.1, 0.15) is 44.4 Å². The van der Waals surface area contributed by atoms with Gasteiger partial charge in [0.2, 0.25) is 21.8 Å². The molecule has 0 saturated heterocycles. The van der Waals surface area contributed by atoms with Crippen LogP contribution in [0.3, 0.4) is 0 Å². The Bertz CT molecular complexity index is 1420. The molecule has 0 radical (unpaired) electrons. The Morgan fingerprint density at radius 1 is 0.927 bits per heavy atom. The standard InChI is InChI=1S/C32H41N3O5S/c1-7-40-28-19-17-27(18-20-28)35(41(6,38)39)23-30(36)34(22-26-16-12-11-13-24(26)2)29(31(37)33-32(3,4)5)21-25-14-9-8-10-15-25/h8-20,29H,7,21-23H2,1-6H3,(H,33,37)/t29-/m0/s1. The first-order valence-electron chi connectivity index (χ1n) is 13.7. The van der Waals surface area contributed by atoms with Crippen molar-refractivity contribution in [1.82, 2.24) is 10.2 Å². The van der Waals surface area contributed by atoms with Gasteiger partial charge in [-0.2, -0.15) is 0 Å². The topological polar surface area (TPSA) is 96.0 Å². The van der Waals surface area contributed by atoms with E-state index in [1.807, 2.05) is 89.2 Å². The van der Waals surface area contributed by atoms with Gasteiger partial charge in [-0.25, -0.2) is 8.42 Å². The van der Waals surface area contributed by atoms with Crippen LogP contribution in [0, 0.1) is 6.92 Å². The number of hydrogen-bond donors (Lipinski definition) is 1. The van der Waals surface area contributed by atoms with Gasteiger partial charge in [0.25, 0.3) is 0 Å². The first-order chi connectivity index (χ1) is 19.3. The molecule has 0 saturated carbocycles. The minimum absolute atomic E-state index is 0.140. The molecule has 8 nitrogen and oxygen atoms in total. The SMILES string of the molecule is CCOc1ccc(N(CC(=O)N(Cc2ccccc2C)[C@@H](Cc2ccccc2)C(=O)NC(C)(C)C)S(C)(=O)=O)cc1. The number of amides is 2. The highest BCUT2D eigenvalue weighted by molar-refractivity contribution is 7.92. The van der Waals surface area contributed by atoms with Crippen molar-refractivity contribution in [3.63, 3.8) is 0 Å². The van der Waals surface area contributed by atoms with Crippen molar-refractivity contribution in [2.45, 2.75) is 59.2 Å². The maximum absolute atomic E-state index is 14.2. The Balaban J connectivity index is 2.06. The number of benzene rings is 3. The van der Waals surface area contributed by atoms with E-state index >= 15 is 0 Å². The van der Waals surface area contributed by atoms with E-state index in [0.29, 0.717) is 18.0 Å². The molecule has 0 aliphatic heterocycles. The van der Waals surface area contributed by atoms with Crippen LogP contribution in [0.4, 0.5) is 5.69 Å². The summed E-state index contributed by atoms with van der Waals surface area (Å²) >= 11 is 0. The van der Waals surface area contributed by atoms with Gasteiger partial charge >= 0.3 is 0 Å². The number of aryl methyl sites for hydroxylation is 1. The second-order valence-electron chi connectivity index (χ2n) is 11.1. The molecule has 9 heteroatoms. The van der Waals surface area contributed by atoms with Crippen LogP contribution in [0.2, 0.25) is 0 Å². The molecule has 0 unspecified atom stereocenters. The summed E-state index contributed by atoms with van der Waals surface area (Å²) in [6, 6.07) is 22.8. The first kappa shape index (κ1) is 31.7. The smallest absolute Gasteiger partial charge is 0.244 e. The summed E-state index contributed by atoms with van der Waals surface area (Å²) < 4.78 is 32.4. The zero-order valence-electron chi connectivity index (χ0n) is 24.8. The fourth-order valence-electron chi connectivity index (χ4n) is 4.47. The largest absolute Gasteiger partial charge is 0.494 e. The molecule has 0 aliphatic carbocycles. The number of nitrogens with one attached hydrogen (secondary N) is 1. The highest BCUT2D eigenvalue weighted by Crippen LogP contribution is 2.24. The third kappa shape index (κ3) is 9.35. The van der Waals surface area contributed by atoms with Gasteiger partial charge in [-0.05, 0) is 75.6 Å². The molecule has 3 aromatic rings. The second kappa shape index (κ2) is 13.7. The first-order valence-corrected chi connectivity index (χ1v) is 15.5. The predicted molar refractivity (Wildman–Crippen MR) is 163 cm³/mol. The molecular formula is C32H41N3O5S. The molecule has 0 spiro atoms. The summed E-state index contributed by atoms with van der Waals surface area (Å²) in [5.41, 5.74) is 2.51. The summed E-state index contributed by atoms with van der Waals surface area (Å²) in [7, 11) is -3.84. The van der Waals surface area contributed by atoms with Crippen molar-refractivity contribution in [2.24, 2.45) is 0 Å². The number of carbonyl (C=O) groups is 2. The maximum atomic E-state index is 14.2. The lowest BCUT2D eigenvalue weighted by Gasteiger charge is -2.35. The van der Waals surface area contributed by atoms with Gasteiger partial charge in [0.15, 0.2) is 0 Å². The molecule has 3 rings (SSSR count). The van der Waals surface area contributed by atoms with E-state index < -0.39 is 34.1 Å². The van der Waals surface area contributed by atoms with E-state index in [4.69, 9.17) is 4.74 Å². The van der Waals surface area contributed by atoms with Crippen LogP contribution in [0.5, 0.6) is 5.75 Å². The van der Waals surface area contributed by atoms with E-state index in [0.717, 1.165) is 27.3 Å². The number of carbonyl (C=O) groups excluding carboxylic acids is 2. The maximum Gasteiger partial charge on any atom is 0.244 e. The van der Waals surface area contributed by atoms with E-state index in [-0.39, 0.29) is 18.9 Å². The monoisotopic (exact) mass is 579 g/mol. The highest BCUT2D eigenvalue weighted by atomic mass is 32.2. The summed E-state index contributed by atoms with van der Waals surface area (Å²) in [4.78, 5) is 29.5. The Hall–Kier alpha value is -3.85. The van der Waals surface area contributed by atoms with Crippen LogP contribution in [0.25, 0.3) is 0 Å². The van der Waals surface area contributed by atoms with Gasteiger partial charge in [-0.3, -0.25) is 13.9 Å². The fraction of sp³-hybridized carbons (Fsp3) is 0.375. The van der Waals surface area contributed by atoms with Crippen molar-refractivity contribution in [3.8, 4) is 5.75 Å². The number of sulfonamides is 1. The molecule has 0 heterocycles. The van der Waals surface area contributed by atoms with Crippen molar-refractivity contribution in [2.75, 3.05) is 23.7 Å². The zero-order valence-corrected chi connectivity index (χ0v) is 25.6. The fourth-order valence-corrected chi connectivity index (χ4v) is 5.32. The molecule has 0 aliphatic rings. The van der Waals surface area contributed by atoms with E-state index in [9.17, 15) is 18.0 Å². The molecule has 0 fully saturated rings. The van der Waals surface area contributed by atoms with E-state index in [1.165, 1.54) is 4.90 Å². The second-order valence-corrected chi connectivity index (χ2v) is 13.0. The third-order valence-electron chi connectivity index (χ3n) is 6.49. The van der Waals surface area contributed by atoms with Crippen LogP contribution in [-0.2, 0) is 32.6 Å². The Morgan fingerprint density at radius 2 is 1.54 bits per heavy atom. The lowest BCUT2D eigenvalue weighted by atomic mass is 10.00. The molecule has 220 valence electrons. The number of nitrogens with zero attached hydrogens (tertiary/aromatic N) is 2. The van der Waals surface area contributed by atoms with Crippen molar-refractivity contribution < 1.29 is 22.7 Å². The number of anilines is 1. The Labute approximate surface area is 244 Å². The molecule has 0 bridgehead atoms. The molecule has 41 heavy (non-hydrogen) atoms. The summed E-state index contributed by atoms with van der Waals surface area (Å²) in [5.74, 6) is -0.202.